The van der Waals surface area contributed by atoms with Gasteiger partial charge in [0.05, 0.1) is 5.69 Å². The van der Waals surface area contributed by atoms with E-state index in [0.717, 1.165) is 5.75 Å². The zero-order chi connectivity index (χ0) is 13.3. The van der Waals surface area contributed by atoms with Gasteiger partial charge in [0.15, 0.2) is 0 Å². The molecule has 1 aliphatic rings. The van der Waals surface area contributed by atoms with Crippen LogP contribution in [-0.4, -0.2) is 41.3 Å². The molecule has 1 aromatic heterocycles. The predicted molar refractivity (Wildman–Crippen MR) is 73.9 cm³/mol. The minimum atomic E-state index is -3.54. The summed E-state index contributed by atoms with van der Waals surface area (Å²) < 4.78 is 26.7. The second-order valence-corrected chi connectivity index (χ2v) is 7.69. The van der Waals surface area contributed by atoms with Gasteiger partial charge < -0.3 is 5.73 Å². The molecule has 2 atom stereocenters. The number of anilines is 1. The molecule has 2 heterocycles. The molecule has 0 bridgehead atoms. The van der Waals surface area contributed by atoms with Crippen molar-refractivity contribution in [3.63, 3.8) is 0 Å². The molecule has 7 heteroatoms. The molecule has 2 rings (SSSR count). The van der Waals surface area contributed by atoms with Gasteiger partial charge in [0.2, 0.25) is 10.0 Å². The number of nitrogens with zero attached hydrogens (tertiary/aromatic N) is 2. The first-order valence-electron chi connectivity index (χ1n) is 5.77. The molecule has 1 aromatic rings. The van der Waals surface area contributed by atoms with Crippen LogP contribution in [-0.2, 0) is 10.0 Å². The van der Waals surface area contributed by atoms with Crippen LogP contribution < -0.4 is 5.73 Å². The molecule has 0 aromatic carbocycles. The van der Waals surface area contributed by atoms with Gasteiger partial charge in [-0.1, -0.05) is 6.92 Å². The number of hydrogen-bond donors (Lipinski definition) is 1. The molecule has 1 fully saturated rings. The highest BCUT2D eigenvalue weighted by Crippen LogP contribution is 2.30. The first-order valence-corrected chi connectivity index (χ1v) is 8.26. The monoisotopic (exact) mass is 287 g/mol. The van der Waals surface area contributed by atoms with E-state index in [1.165, 1.54) is 22.8 Å². The van der Waals surface area contributed by atoms with E-state index in [1.807, 2.05) is 13.8 Å². The molecular formula is C11H17N3O2S2. The third-order valence-electron chi connectivity index (χ3n) is 3.23. The van der Waals surface area contributed by atoms with Crippen LogP contribution in [0, 0.1) is 0 Å². The molecule has 100 valence electrons. The minimum Gasteiger partial charge on any atom is -0.398 e. The number of rotatable bonds is 2. The molecule has 1 aliphatic heterocycles. The highest BCUT2D eigenvalue weighted by molar-refractivity contribution is 8.00. The van der Waals surface area contributed by atoms with Crippen molar-refractivity contribution in [3.05, 3.63) is 18.5 Å². The number of sulfonamides is 1. The van der Waals surface area contributed by atoms with Crippen LogP contribution in [0.2, 0.25) is 0 Å². The zero-order valence-electron chi connectivity index (χ0n) is 10.4. The molecular weight excluding hydrogens is 270 g/mol. The molecule has 0 radical (unpaired) electrons. The van der Waals surface area contributed by atoms with Crippen molar-refractivity contribution in [2.45, 2.75) is 30.0 Å². The van der Waals surface area contributed by atoms with E-state index in [4.69, 9.17) is 5.73 Å². The van der Waals surface area contributed by atoms with E-state index in [1.54, 1.807) is 11.8 Å². The van der Waals surface area contributed by atoms with E-state index < -0.39 is 10.0 Å². The molecule has 0 spiro atoms. The van der Waals surface area contributed by atoms with Gasteiger partial charge in [-0.15, -0.1) is 0 Å². The summed E-state index contributed by atoms with van der Waals surface area (Å²) in [6, 6.07) is 1.48. The molecule has 5 nitrogen and oxygen atoms in total. The van der Waals surface area contributed by atoms with E-state index in [-0.39, 0.29) is 21.9 Å². The van der Waals surface area contributed by atoms with Crippen molar-refractivity contribution < 1.29 is 8.42 Å². The van der Waals surface area contributed by atoms with Crippen molar-refractivity contribution in [2.75, 3.05) is 18.0 Å². The number of thioether (sulfide) groups is 1. The average molecular weight is 287 g/mol. The quantitative estimate of drug-likeness (QED) is 0.884. The van der Waals surface area contributed by atoms with Crippen LogP contribution in [0.15, 0.2) is 23.4 Å². The Morgan fingerprint density at radius 1 is 1.50 bits per heavy atom. The maximum absolute atomic E-state index is 12.6. The molecule has 0 aliphatic carbocycles. The summed E-state index contributed by atoms with van der Waals surface area (Å²) in [5, 5.41) is 0.284. The maximum Gasteiger partial charge on any atom is 0.246 e. The highest BCUT2D eigenvalue weighted by Gasteiger charge is 2.35. The SMILES string of the molecule is CC1SCCN(S(=O)(=O)c2cnccc2N)C1C. The zero-order valence-corrected chi connectivity index (χ0v) is 12.0. The fourth-order valence-electron chi connectivity index (χ4n) is 1.98. The number of nitrogens with two attached hydrogens (primary N) is 1. The summed E-state index contributed by atoms with van der Waals surface area (Å²) in [7, 11) is -3.54. The predicted octanol–water partition coefficient (Wildman–Crippen LogP) is 1.18. The molecule has 2 N–H and O–H groups in total. The maximum atomic E-state index is 12.6. The van der Waals surface area contributed by atoms with Gasteiger partial charge in [-0.25, -0.2) is 8.42 Å². The molecule has 2 unspecified atom stereocenters. The van der Waals surface area contributed by atoms with Crippen molar-refractivity contribution in [3.8, 4) is 0 Å². The lowest BCUT2D eigenvalue weighted by molar-refractivity contribution is 0.340. The van der Waals surface area contributed by atoms with Gasteiger partial charge in [0.25, 0.3) is 0 Å². The van der Waals surface area contributed by atoms with Gasteiger partial charge in [-0.05, 0) is 13.0 Å². The fraction of sp³-hybridized carbons (Fsp3) is 0.545. The van der Waals surface area contributed by atoms with Crippen molar-refractivity contribution in [1.82, 2.24) is 9.29 Å². The summed E-state index contributed by atoms with van der Waals surface area (Å²) in [6.45, 7) is 4.50. The molecule has 18 heavy (non-hydrogen) atoms. The van der Waals surface area contributed by atoms with E-state index in [9.17, 15) is 8.42 Å². The largest absolute Gasteiger partial charge is 0.398 e. The molecule has 1 saturated heterocycles. The Morgan fingerprint density at radius 3 is 2.89 bits per heavy atom. The van der Waals surface area contributed by atoms with Crippen molar-refractivity contribution in [2.24, 2.45) is 0 Å². The Kier molecular flexibility index (Phi) is 3.84. The van der Waals surface area contributed by atoms with E-state index in [0.29, 0.717) is 6.54 Å². The summed E-state index contributed by atoms with van der Waals surface area (Å²) in [4.78, 5) is 3.97. The second-order valence-electron chi connectivity index (χ2n) is 4.35. The Morgan fingerprint density at radius 2 is 2.22 bits per heavy atom. The fourth-order valence-corrected chi connectivity index (χ4v) is 5.03. The lowest BCUT2D eigenvalue weighted by atomic mass is 10.2. The smallest absolute Gasteiger partial charge is 0.246 e. The highest BCUT2D eigenvalue weighted by atomic mass is 32.2. The van der Waals surface area contributed by atoms with E-state index in [2.05, 4.69) is 4.98 Å². The van der Waals surface area contributed by atoms with Gasteiger partial charge in [-0.3, -0.25) is 4.98 Å². The Hall–Kier alpha value is -0.790. The average Bonchev–Trinajstić information content (AvgIpc) is 2.32. The number of hydrogen-bond acceptors (Lipinski definition) is 5. The van der Waals surface area contributed by atoms with Crippen molar-refractivity contribution >= 4 is 27.5 Å². The van der Waals surface area contributed by atoms with Crippen LogP contribution in [0.3, 0.4) is 0 Å². The third kappa shape index (κ3) is 2.34. The first-order chi connectivity index (χ1) is 8.44. The van der Waals surface area contributed by atoms with Gasteiger partial charge in [0.1, 0.15) is 4.90 Å². The summed E-state index contributed by atoms with van der Waals surface area (Å²) in [6.07, 6.45) is 2.82. The summed E-state index contributed by atoms with van der Waals surface area (Å²) >= 11 is 1.79. The Balaban J connectivity index is 2.40. The Bertz CT molecular complexity index is 533. The summed E-state index contributed by atoms with van der Waals surface area (Å²) in [5.74, 6) is 0.810. The topological polar surface area (TPSA) is 76.3 Å². The number of pyridine rings is 1. The molecule has 0 amide bonds. The van der Waals surface area contributed by atoms with Crippen LogP contribution in [0.4, 0.5) is 5.69 Å². The minimum absolute atomic E-state index is 0.0339. The van der Waals surface area contributed by atoms with Crippen LogP contribution in [0.5, 0.6) is 0 Å². The van der Waals surface area contributed by atoms with Crippen LogP contribution in [0.1, 0.15) is 13.8 Å². The van der Waals surface area contributed by atoms with E-state index >= 15 is 0 Å². The van der Waals surface area contributed by atoms with Gasteiger partial charge >= 0.3 is 0 Å². The van der Waals surface area contributed by atoms with Gasteiger partial charge in [-0.2, -0.15) is 16.1 Å². The Labute approximate surface area is 112 Å². The lowest BCUT2D eigenvalue weighted by Gasteiger charge is -2.36. The first kappa shape index (κ1) is 13.6. The second kappa shape index (κ2) is 5.07. The normalized spacial score (nSPS) is 26.1. The number of aromatic nitrogens is 1. The number of nitrogen functional groups attached to an aromatic ring is 1. The lowest BCUT2D eigenvalue weighted by Crippen LogP contribution is -2.47. The van der Waals surface area contributed by atoms with Crippen LogP contribution in [0.25, 0.3) is 0 Å². The third-order valence-corrected chi connectivity index (χ3v) is 6.60. The standard InChI is InChI=1S/C11H17N3O2S2/c1-8-9(2)17-6-5-14(8)18(15,16)11-7-13-4-3-10(11)12/h3-4,7-9H,5-6H2,1-2H3,(H2,12,13). The van der Waals surface area contributed by atoms with Crippen molar-refractivity contribution in [1.29, 1.82) is 0 Å². The molecule has 0 saturated carbocycles. The van der Waals surface area contributed by atoms with Gasteiger partial charge in [0, 0.05) is 36.0 Å². The summed E-state index contributed by atoms with van der Waals surface area (Å²) in [5.41, 5.74) is 6.00. The van der Waals surface area contributed by atoms with Crippen LogP contribution >= 0.6 is 11.8 Å².